The van der Waals surface area contributed by atoms with Gasteiger partial charge in [0, 0.05) is 11.1 Å². The van der Waals surface area contributed by atoms with Crippen molar-refractivity contribution in [2.75, 3.05) is 6.54 Å². The van der Waals surface area contributed by atoms with Crippen LogP contribution in [0.2, 0.25) is 5.02 Å². The van der Waals surface area contributed by atoms with E-state index in [4.69, 9.17) is 16.7 Å². The molecule has 1 rings (SSSR count). The van der Waals surface area contributed by atoms with Crippen molar-refractivity contribution in [3.63, 3.8) is 0 Å². The highest BCUT2D eigenvalue weighted by Gasteiger charge is 2.05. The van der Waals surface area contributed by atoms with Crippen molar-refractivity contribution < 1.29 is 5.11 Å². The van der Waals surface area contributed by atoms with Crippen LogP contribution in [0.25, 0.3) is 0 Å². The molecular formula is C12H18ClNO. The van der Waals surface area contributed by atoms with E-state index in [-0.39, 0.29) is 12.1 Å². The number of benzene rings is 1. The monoisotopic (exact) mass is 227 g/mol. The zero-order chi connectivity index (χ0) is 11.3. The second-order valence-corrected chi connectivity index (χ2v) is 4.30. The van der Waals surface area contributed by atoms with Crippen molar-refractivity contribution in [3.05, 3.63) is 34.9 Å². The fourth-order valence-electron chi connectivity index (χ4n) is 1.40. The van der Waals surface area contributed by atoms with Crippen LogP contribution in [0, 0.1) is 0 Å². The molecule has 0 spiro atoms. The Morgan fingerprint density at radius 2 is 2.13 bits per heavy atom. The summed E-state index contributed by atoms with van der Waals surface area (Å²) in [4.78, 5) is 0. The molecular weight excluding hydrogens is 210 g/mol. The third-order valence-electron chi connectivity index (χ3n) is 2.36. The summed E-state index contributed by atoms with van der Waals surface area (Å²) < 4.78 is 0. The van der Waals surface area contributed by atoms with E-state index in [9.17, 15) is 0 Å². The van der Waals surface area contributed by atoms with Crippen molar-refractivity contribution in [3.8, 4) is 0 Å². The Labute approximate surface area is 96.3 Å². The van der Waals surface area contributed by atoms with Gasteiger partial charge in [0.25, 0.3) is 0 Å². The molecule has 0 aliphatic heterocycles. The van der Waals surface area contributed by atoms with Crippen molar-refractivity contribution in [1.29, 1.82) is 0 Å². The summed E-state index contributed by atoms with van der Waals surface area (Å²) in [5.74, 6) is 0. The van der Waals surface area contributed by atoms with Crippen LogP contribution in [0.5, 0.6) is 0 Å². The Balaban J connectivity index is 2.43. The Kier molecular flexibility index (Phi) is 5.09. The van der Waals surface area contributed by atoms with Crippen molar-refractivity contribution >= 4 is 11.6 Å². The van der Waals surface area contributed by atoms with Crippen LogP contribution < -0.4 is 5.32 Å². The second-order valence-electron chi connectivity index (χ2n) is 3.87. The highest BCUT2D eigenvalue weighted by Crippen LogP contribution is 2.17. The van der Waals surface area contributed by atoms with E-state index in [0.717, 1.165) is 18.0 Å². The topological polar surface area (TPSA) is 32.3 Å². The van der Waals surface area contributed by atoms with Crippen LogP contribution in [-0.2, 0) is 0 Å². The minimum atomic E-state index is -0.246. The molecule has 84 valence electrons. The SMILES string of the molecule is CC(O)CCNC(C)c1cccc(Cl)c1. The molecule has 2 N–H and O–H groups in total. The lowest BCUT2D eigenvalue weighted by Crippen LogP contribution is -2.22. The third kappa shape index (κ3) is 4.65. The van der Waals surface area contributed by atoms with Gasteiger partial charge in [-0.15, -0.1) is 0 Å². The molecule has 0 heterocycles. The number of aliphatic hydroxyl groups is 1. The molecule has 0 aromatic heterocycles. The van der Waals surface area contributed by atoms with E-state index in [0.29, 0.717) is 0 Å². The second kappa shape index (κ2) is 6.11. The van der Waals surface area contributed by atoms with Gasteiger partial charge in [-0.1, -0.05) is 23.7 Å². The van der Waals surface area contributed by atoms with Crippen LogP contribution >= 0.6 is 11.6 Å². The van der Waals surface area contributed by atoms with Gasteiger partial charge in [-0.2, -0.15) is 0 Å². The van der Waals surface area contributed by atoms with Crippen LogP contribution in [-0.4, -0.2) is 17.8 Å². The number of aliphatic hydroxyl groups excluding tert-OH is 1. The molecule has 0 aliphatic carbocycles. The van der Waals surface area contributed by atoms with Gasteiger partial charge in [-0.25, -0.2) is 0 Å². The number of halogens is 1. The molecule has 0 saturated carbocycles. The first kappa shape index (κ1) is 12.5. The number of hydrogen-bond acceptors (Lipinski definition) is 2. The van der Waals surface area contributed by atoms with Gasteiger partial charge in [0.1, 0.15) is 0 Å². The molecule has 3 heteroatoms. The predicted molar refractivity (Wildman–Crippen MR) is 64.2 cm³/mol. The molecule has 2 nitrogen and oxygen atoms in total. The van der Waals surface area contributed by atoms with Crippen LogP contribution in [0.3, 0.4) is 0 Å². The van der Waals surface area contributed by atoms with E-state index in [2.05, 4.69) is 12.2 Å². The molecule has 0 amide bonds. The van der Waals surface area contributed by atoms with Crippen molar-refractivity contribution in [1.82, 2.24) is 5.32 Å². The lowest BCUT2D eigenvalue weighted by atomic mass is 10.1. The fraction of sp³-hybridized carbons (Fsp3) is 0.500. The molecule has 15 heavy (non-hydrogen) atoms. The first-order valence-electron chi connectivity index (χ1n) is 5.26. The average Bonchev–Trinajstić information content (AvgIpc) is 2.17. The smallest absolute Gasteiger partial charge is 0.0524 e. The number of nitrogens with one attached hydrogen (secondary N) is 1. The minimum Gasteiger partial charge on any atom is -0.393 e. The summed E-state index contributed by atoms with van der Waals surface area (Å²) in [5, 5.41) is 13.2. The summed E-state index contributed by atoms with van der Waals surface area (Å²) in [6, 6.07) is 8.09. The van der Waals surface area contributed by atoms with Gasteiger partial charge in [-0.3, -0.25) is 0 Å². The number of hydrogen-bond donors (Lipinski definition) is 2. The van der Waals surface area contributed by atoms with E-state index in [1.54, 1.807) is 6.92 Å². The van der Waals surface area contributed by atoms with E-state index in [1.807, 2.05) is 24.3 Å². The van der Waals surface area contributed by atoms with Gasteiger partial charge in [0.05, 0.1) is 6.10 Å². The Morgan fingerprint density at radius 3 is 2.73 bits per heavy atom. The average molecular weight is 228 g/mol. The first-order valence-corrected chi connectivity index (χ1v) is 5.64. The maximum absolute atomic E-state index is 9.12. The van der Waals surface area contributed by atoms with Crippen molar-refractivity contribution in [2.45, 2.75) is 32.4 Å². The standard InChI is InChI=1S/C12H18ClNO/c1-9(15)6-7-14-10(2)11-4-3-5-12(13)8-11/h3-5,8-10,14-15H,6-7H2,1-2H3. The quantitative estimate of drug-likeness (QED) is 0.811. The van der Waals surface area contributed by atoms with Gasteiger partial charge in [0.15, 0.2) is 0 Å². The maximum Gasteiger partial charge on any atom is 0.0524 e. The molecule has 0 fully saturated rings. The van der Waals surface area contributed by atoms with E-state index in [1.165, 1.54) is 5.56 Å². The van der Waals surface area contributed by atoms with Crippen LogP contribution in [0.4, 0.5) is 0 Å². The van der Waals surface area contributed by atoms with E-state index < -0.39 is 0 Å². The zero-order valence-corrected chi connectivity index (χ0v) is 9.96. The van der Waals surface area contributed by atoms with Crippen LogP contribution in [0.15, 0.2) is 24.3 Å². The molecule has 0 bridgehead atoms. The molecule has 1 aromatic carbocycles. The largest absolute Gasteiger partial charge is 0.393 e. The van der Waals surface area contributed by atoms with Gasteiger partial charge >= 0.3 is 0 Å². The lowest BCUT2D eigenvalue weighted by molar-refractivity contribution is 0.182. The molecule has 0 saturated heterocycles. The Morgan fingerprint density at radius 1 is 1.40 bits per heavy atom. The summed E-state index contributed by atoms with van der Waals surface area (Å²) in [6.45, 7) is 4.70. The number of rotatable bonds is 5. The maximum atomic E-state index is 9.12. The van der Waals surface area contributed by atoms with E-state index >= 15 is 0 Å². The Bertz CT molecular complexity index is 301. The minimum absolute atomic E-state index is 0.246. The third-order valence-corrected chi connectivity index (χ3v) is 2.60. The highest BCUT2D eigenvalue weighted by molar-refractivity contribution is 6.30. The Hall–Kier alpha value is -0.570. The fourth-order valence-corrected chi connectivity index (χ4v) is 1.60. The van der Waals surface area contributed by atoms with Gasteiger partial charge < -0.3 is 10.4 Å². The molecule has 1 aromatic rings. The normalized spacial score (nSPS) is 14.9. The summed E-state index contributed by atoms with van der Waals surface area (Å²) in [5.41, 5.74) is 1.17. The van der Waals surface area contributed by atoms with Crippen molar-refractivity contribution in [2.24, 2.45) is 0 Å². The summed E-state index contributed by atoms with van der Waals surface area (Å²) in [6.07, 6.45) is 0.523. The first-order chi connectivity index (χ1) is 7.09. The van der Waals surface area contributed by atoms with Gasteiger partial charge in [0.2, 0.25) is 0 Å². The van der Waals surface area contributed by atoms with Crippen LogP contribution in [0.1, 0.15) is 31.9 Å². The molecule has 0 radical (unpaired) electrons. The summed E-state index contributed by atoms with van der Waals surface area (Å²) in [7, 11) is 0. The zero-order valence-electron chi connectivity index (χ0n) is 9.20. The lowest BCUT2D eigenvalue weighted by Gasteiger charge is -2.15. The van der Waals surface area contributed by atoms with Gasteiger partial charge in [-0.05, 0) is 44.5 Å². The highest BCUT2D eigenvalue weighted by atomic mass is 35.5. The molecule has 0 aliphatic rings. The predicted octanol–water partition coefficient (Wildman–Crippen LogP) is 2.76. The molecule has 2 unspecified atom stereocenters. The molecule has 2 atom stereocenters. The summed E-state index contributed by atoms with van der Waals surface area (Å²) >= 11 is 5.91.